The van der Waals surface area contributed by atoms with E-state index in [9.17, 15) is 4.39 Å². The molecule has 132 valence electrons. The monoisotopic (exact) mass is 368 g/mol. The molecule has 0 saturated carbocycles. The summed E-state index contributed by atoms with van der Waals surface area (Å²) in [5.41, 5.74) is 0. The predicted octanol–water partition coefficient (Wildman–Crippen LogP) is 6.49. The minimum absolute atomic E-state index is 0.212. The van der Waals surface area contributed by atoms with Crippen molar-refractivity contribution in [2.45, 2.75) is 0 Å². The average molecular weight is 369 g/mol. The summed E-state index contributed by atoms with van der Waals surface area (Å²) in [6, 6.07) is 22.0. The third-order valence-electron chi connectivity index (χ3n) is 4.10. The smallest absolute Gasteiger partial charge is 0.131 e. The molecule has 2 nitrogen and oxygen atoms in total. The molecular weight excluding hydrogens is 351 g/mol. The van der Waals surface area contributed by atoms with Gasteiger partial charge in [-0.1, -0.05) is 60.1 Å². The molecule has 0 aliphatic carbocycles. The Balaban J connectivity index is 0.000000151. The van der Waals surface area contributed by atoms with Crippen molar-refractivity contribution in [3.8, 4) is 11.5 Å². The fourth-order valence-corrected chi connectivity index (χ4v) is 3.05. The second-order valence-electron chi connectivity index (χ2n) is 5.59. The fourth-order valence-electron chi connectivity index (χ4n) is 2.83. The maximum atomic E-state index is 13.2. The largest absolute Gasteiger partial charge is 0.496 e. The van der Waals surface area contributed by atoms with Gasteiger partial charge in [0, 0.05) is 26.6 Å². The van der Waals surface area contributed by atoms with Crippen LogP contribution in [0.15, 0.2) is 72.8 Å². The molecule has 0 atom stereocenters. The number of benzene rings is 4. The van der Waals surface area contributed by atoms with Crippen LogP contribution >= 0.6 is 11.6 Å². The Morgan fingerprint density at radius 3 is 1.65 bits per heavy atom. The second kappa shape index (κ2) is 8.07. The molecule has 0 fully saturated rings. The molecule has 26 heavy (non-hydrogen) atoms. The van der Waals surface area contributed by atoms with E-state index in [2.05, 4.69) is 0 Å². The minimum atomic E-state index is -0.212. The van der Waals surface area contributed by atoms with Crippen LogP contribution in [0, 0.1) is 5.82 Å². The van der Waals surface area contributed by atoms with Gasteiger partial charge in [0.2, 0.25) is 0 Å². The van der Waals surface area contributed by atoms with Crippen LogP contribution in [0.2, 0.25) is 5.02 Å². The van der Waals surface area contributed by atoms with Crippen molar-refractivity contribution >= 4 is 33.1 Å². The van der Waals surface area contributed by atoms with Crippen molar-refractivity contribution in [1.29, 1.82) is 0 Å². The van der Waals surface area contributed by atoms with Crippen LogP contribution in [0.25, 0.3) is 21.5 Å². The van der Waals surface area contributed by atoms with E-state index in [1.165, 1.54) is 6.07 Å². The Bertz CT molecular complexity index is 961. The highest BCUT2D eigenvalue weighted by molar-refractivity contribution is 6.35. The Morgan fingerprint density at radius 2 is 1.08 bits per heavy atom. The molecule has 4 heteroatoms. The van der Waals surface area contributed by atoms with Crippen molar-refractivity contribution in [3.63, 3.8) is 0 Å². The third kappa shape index (κ3) is 3.58. The first kappa shape index (κ1) is 18.0. The summed E-state index contributed by atoms with van der Waals surface area (Å²) in [4.78, 5) is 0. The number of rotatable bonds is 2. The van der Waals surface area contributed by atoms with Gasteiger partial charge in [-0.2, -0.15) is 0 Å². The van der Waals surface area contributed by atoms with Crippen molar-refractivity contribution in [2.75, 3.05) is 14.2 Å². The van der Waals surface area contributed by atoms with Crippen molar-refractivity contribution in [2.24, 2.45) is 0 Å². The lowest BCUT2D eigenvalue weighted by Crippen LogP contribution is -1.86. The third-order valence-corrected chi connectivity index (χ3v) is 4.43. The molecule has 0 heterocycles. The van der Waals surface area contributed by atoms with Crippen LogP contribution < -0.4 is 9.47 Å². The van der Waals surface area contributed by atoms with Gasteiger partial charge in [0.15, 0.2) is 0 Å². The summed E-state index contributed by atoms with van der Waals surface area (Å²) in [7, 11) is 3.25. The van der Waals surface area contributed by atoms with Gasteiger partial charge in [-0.05, 0) is 24.3 Å². The zero-order valence-corrected chi connectivity index (χ0v) is 15.3. The SMILES string of the molecule is COc1ccc(Cl)c2ccccc12.COc1ccc(F)c2ccccc12. The van der Waals surface area contributed by atoms with Crippen molar-refractivity contribution in [3.05, 3.63) is 83.6 Å². The summed E-state index contributed by atoms with van der Waals surface area (Å²) in [5, 5.41) is 4.25. The van der Waals surface area contributed by atoms with Gasteiger partial charge in [0.1, 0.15) is 17.3 Å². The summed E-state index contributed by atoms with van der Waals surface area (Å²) in [6.45, 7) is 0. The first-order valence-electron chi connectivity index (χ1n) is 8.08. The molecule has 0 spiro atoms. The van der Waals surface area contributed by atoms with Gasteiger partial charge in [-0.25, -0.2) is 4.39 Å². The Morgan fingerprint density at radius 1 is 0.615 bits per heavy atom. The molecule has 0 N–H and O–H groups in total. The molecule has 0 unspecified atom stereocenters. The molecule has 0 aromatic heterocycles. The highest BCUT2D eigenvalue weighted by Crippen LogP contribution is 2.30. The normalized spacial score (nSPS) is 10.3. The zero-order valence-electron chi connectivity index (χ0n) is 14.5. The molecule has 4 aromatic carbocycles. The first-order valence-corrected chi connectivity index (χ1v) is 8.46. The number of hydrogen-bond donors (Lipinski definition) is 0. The van der Waals surface area contributed by atoms with Crippen LogP contribution in [0.3, 0.4) is 0 Å². The first-order chi connectivity index (χ1) is 12.7. The molecule has 0 amide bonds. The molecule has 4 aromatic rings. The lowest BCUT2D eigenvalue weighted by atomic mass is 10.1. The average Bonchev–Trinajstić information content (AvgIpc) is 2.70. The topological polar surface area (TPSA) is 18.5 Å². The van der Waals surface area contributed by atoms with E-state index in [-0.39, 0.29) is 5.82 Å². The molecule has 0 radical (unpaired) electrons. The lowest BCUT2D eigenvalue weighted by Gasteiger charge is -2.05. The lowest BCUT2D eigenvalue weighted by molar-refractivity contribution is 0.419. The van der Waals surface area contributed by atoms with E-state index >= 15 is 0 Å². The van der Waals surface area contributed by atoms with Gasteiger partial charge >= 0.3 is 0 Å². The van der Waals surface area contributed by atoms with Crippen LogP contribution in [-0.4, -0.2) is 14.2 Å². The van der Waals surface area contributed by atoms with E-state index < -0.39 is 0 Å². The van der Waals surface area contributed by atoms with Crippen molar-refractivity contribution < 1.29 is 13.9 Å². The zero-order chi connectivity index (χ0) is 18.5. The van der Waals surface area contributed by atoms with Gasteiger partial charge in [0.25, 0.3) is 0 Å². The maximum Gasteiger partial charge on any atom is 0.131 e. The number of methoxy groups -OCH3 is 2. The fraction of sp³-hybridized carbons (Fsp3) is 0.0909. The highest BCUT2D eigenvalue weighted by atomic mass is 35.5. The minimum Gasteiger partial charge on any atom is -0.496 e. The summed E-state index contributed by atoms with van der Waals surface area (Å²) in [5.74, 6) is 1.36. The molecular formula is C22H18ClFO2. The summed E-state index contributed by atoms with van der Waals surface area (Å²) >= 11 is 6.03. The Hall–Kier alpha value is -2.78. The maximum absolute atomic E-state index is 13.2. The molecule has 0 bridgehead atoms. The van der Waals surface area contributed by atoms with E-state index in [0.717, 1.165) is 26.9 Å². The molecule has 0 aliphatic heterocycles. The summed E-state index contributed by atoms with van der Waals surface area (Å²) < 4.78 is 23.6. The van der Waals surface area contributed by atoms with Gasteiger partial charge in [-0.15, -0.1) is 0 Å². The summed E-state index contributed by atoms with van der Waals surface area (Å²) in [6.07, 6.45) is 0. The van der Waals surface area contributed by atoms with Crippen LogP contribution in [-0.2, 0) is 0 Å². The molecule has 0 saturated heterocycles. The van der Waals surface area contributed by atoms with E-state index in [1.807, 2.05) is 54.6 Å². The van der Waals surface area contributed by atoms with Gasteiger partial charge in [-0.3, -0.25) is 0 Å². The van der Waals surface area contributed by atoms with Crippen molar-refractivity contribution in [1.82, 2.24) is 0 Å². The van der Waals surface area contributed by atoms with E-state index in [0.29, 0.717) is 11.1 Å². The predicted molar refractivity (Wildman–Crippen MR) is 106 cm³/mol. The quantitative estimate of drug-likeness (QED) is 0.402. The Labute approximate surface area is 156 Å². The number of hydrogen-bond acceptors (Lipinski definition) is 2. The molecule has 4 rings (SSSR count). The second-order valence-corrected chi connectivity index (χ2v) is 6.00. The number of ether oxygens (including phenoxy) is 2. The van der Waals surface area contributed by atoms with E-state index in [4.69, 9.17) is 21.1 Å². The van der Waals surface area contributed by atoms with Gasteiger partial charge in [0.05, 0.1) is 14.2 Å². The Kier molecular flexibility index (Phi) is 5.59. The molecule has 0 aliphatic rings. The van der Waals surface area contributed by atoms with E-state index in [1.54, 1.807) is 26.4 Å². The number of fused-ring (bicyclic) bond motifs is 2. The van der Waals surface area contributed by atoms with Gasteiger partial charge < -0.3 is 9.47 Å². The van der Waals surface area contributed by atoms with Crippen LogP contribution in [0.5, 0.6) is 11.5 Å². The van der Waals surface area contributed by atoms with Crippen LogP contribution in [0.4, 0.5) is 4.39 Å². The standard InChI is InChI=1S/C11H9ClO.C11H9FO/c2*1-13-11-7-6-10(12)8-4-2-3-5-9(8)11/h2*2-7H,1H3. The number of halogens is 2. The van der Waals surface area contributed by atoms with Crippen LogP contribution in [0.1, 0.15) is 0 Å². The highest BCUT2D eigenvalue weighted by Gasteiger charge is 2.04.